The van der Waals surface area contributed by atoms with Gasteiger partial charge in [-0.05, 0) is 31.0 Å². The van der Waals surface area contributed by atoms with Crippen LogP contribution in [0.15, 0.2) is 36.7 Å². The number of hydrogen-bond acceptors (Lipinski definition) is 2. The number of fused-ring (bicyclic) bond motifs is 1. The highest BCUT2D eigenvalue weighted by Gasteiger charge is 2.25. The molecule has 1 aliphatic heterocycles. The predicted octanol–water partition coefficient (Wildman–Crippen LogP) is 2.39. The van der Waals surface area contributed by atoms with Crippen LogP contribution >= 0.6 is 0 Å². The van der Waals surface area contributed by atoms with E-state index in [1.54, 1.807) is 6.20 Å². The molecule has 1 aromatic carbocycles. The average Bonchev–Trinajstić information content (AvgIpc) is 2.85. The van der Waals surface area contributed by atoms with Crippen molar-refractivity contribution in [3.05, 3.63) is 48.0 Å². The van der Waals surface area contributed by atoms with Gasteiger partial charge in [0.15, 0.2) is 0 Å². The molecule has 0 fully saturated rings. The van der Waals surface area contributed by atoms with Gasteiger partial charge in [-0.15, -0.1) is 0 Å². The van der Waals surface area contributed by atoms with Gasteiger partial charge in [0.25, 0.3) is 0 Å². The lowest BCUT2D eigenvalue weighted by Crippen LogP contribution is -2.30. The van der Waals surface area contributed by atoms with Crippen molar-refractivity contribution in [2.75, 3.05) is 5.32 Å². The lowest BCUT2D eigenvalue weighted by atomic mass is 9.97. The third-order valence-corrected chi connectivity index (χ3v) is 3.61. The number of carbonyl (C=O) groups excluding carboxylic acids is 1. The van der Waals surface area contributed by atoms with Crippen molar-refractivity contribution >= 4 is 11.6 Å². The Balaban J connectivity index is 1.69. The SMILES string of the molecule is Cc1cccc(NC(=O)C2CCn3ccnc3C2)c1. The second-order valence-corrected chi connectivity index (χ2v) is 5.09. The van der Waals surface area contributed by atoms with Gasteiger partial charge in [0, 0.05) is 37.0 Å². The van der Waals surface area contributed by atoms with E-state index in [-0.39, 0.29) is 11.8 Å². The fourth-order valence-corrected chi connectivity index (χ4v) is 2.54. The van der Waals surface area contributed by atoms with E-state index in [1.807, 2.05) is 37.4 Å². The summed E-state index contributed by atoms with van der Waals surface area (Å²) in [7, 11) is 0. The van der Waals surface area contributed by atoms with Crippen molar-refractivity contribution in [3.8, 4) is 0 Å². The number of carbonyl (C=O) groups is 1. The molecule has 1 atom stereocenters. The number of benzene rings is 1. The maximum absolute atomic E-state index is 12.3. The molecule has 1 N–H and O–H groups in total. The summed E-state index contributed by atoms with van der Waals surface area (Å²) in [5.41, 5.74) is 2.02. The van der Waals surface area contributed by atoms with Crippen LogP contribution in [0.25, 0.3) is 0 Å². The summed E-state index contributed by atoms with van der Waals surface area (Å²) in [6.07, 6.45) is 5.38. The zero-order valence-electron chi connectivity index (χ0n) is 11.0. The number of rotatable bonds is 2. The molecule has 1 amide bonds. The van der Waals surface area contributed by atoms with E-state index < -0.39 is 0 Å². The van der Waals surface area contributed by atoms with Gasteiger partial charge in [0.2, 0.25) is 5.91 Å². The topological polar surface area (TPSA) is 46.9 Å². The third-order valence-electron chi connectivity index (χ3n) is 3.61. The van der Waals surface area contributed by atoms with Gasteiger partial charge < -0.3 is 9.88 Å². The minimum atomic E-state index is 0.0235. The van der Waals surface area contributed by atoms with Crippen LogP contribution < -0.4 is 5.32 Å². The lowest BCUT2D eigenvalue weighted by molar-refractivity contribution is -0.120. The van der Waals surface area contributed by atoms with Crippen LogP contribution in [-0.2, 0) is 17.8 Å². The molecular weight excluding hydrogens is 238 g/mol. The number of aryl methyl sites for hydroxylation is 2. The van der Waals surface area contributed by atoms with Crippen LogP contribution in [0.1, 0.15) is 17.8 Å². The molecule has 4 nitrogen and oxygen atoms in total. The molecule has 1 aromatic heterocycles. The summed E-state index contributed by atoms with van der Waals surface area (Å²) in [5.74, 6) is 1.13. The quantitative estimate of drug-likeness (QED) is 0.895. The molecule has 1 unspecified atom stereocenters. The zero-order valence-corrected chi connectivity index (χ0v) is 11.0. The minimum absolute atomic E-state index is 0.0235. The second-order valence-electron chi connectivity index (χ2n) is 5.09. The number of nitrogens with zero attached hydrogens (tertiary/aromatic N) is 2. The molecule has 0 bridgehead atoms. The van der Waals surface area contributed by atoms with Crippen LogP contribution in [0, 0.1) is 12.8 Å². The summed E-state index contributed by atoms with van der Waals surface area (Å²) in [6.45, 7) is 2.90. The number of hydrogen-bond donors (Lipinski definition) is 1. The highest BCUT2D eigenvalue weighted by Crippen LogP contribution is 2.21. The summed E-state index contributed by atoms with van der Waals surface area (Å²) in [6, 6.07) is 7.89. The Bertz CT molecular complexity index is 603. The monoisotopic (exact) mass is 255 g/mol. The molecule has 2 heterocycles. The molecule has 0 aliphatic carbocycles. The molecule has 1 aliphatic rings. The van der Waals surface area contributed by atoms with Gasteiger partial charge in [-0.25, -0.2) is 4.98 Å². The number of anilines is 1. The maximum Gasteiger partial charge on any atom is 0.228 e. The molecule has 4 heteroatoms. The van der Waals surface area contributed by atoms with E-state index in [0.29, 0.717) is 0 Å². The zero-order chi connectivity index (χ0) is 13.2. The first-order chi connectivity index (χ1) is 9.22. The molecular formula is C15H17N3O. The van der Waals surface area contributed by atoms with E-state index in [0.717, 1.165) is 36.5 Å². The molecule has 3 rings (SSSR count). The van der Waals surface area contributed by atoms with Gasteiger partial charge in [-0.1, -0.05) is 12.1 Å². The Morgan fingerprint density at radius 3 is 3.21 bits per heavy atom. The molecule has 19 heavy (non-hydrogen) atoms. The van der Waals surface area contributed by atoms with Gasteiger partial charge in [0.1, 0.15) is 5.82 Å². The number of nitrogens with one attached hydrogen (secondary N) is 1. The Hall–Kier alpha value is -2.10. The van der Waals surface area contributed by atoms with E-state index in [2.05, 4.69) is 14.9 Å². The maximum atomic E-state index is 12.3. The molecule has 0 saturated carbocycles. The predicted molar refractivity (Wildman–Crippen MR) is 73.8 cm³/mol. The standard InChI is InChI=1S/C15H17N3O/c1-11-3-2-4-13(9-11)17-15(19)12-5-7-18-8-6-16-14(18)10-12/h2-4,6,8-9,12H,5,7,10H2,1H3,(H,17,19). The van der Waals surface area contributed by atoms with Crippen molar-refractivity contribution in [2.45, 2.75) is 26.3 Å². The Morgan fingerprint density at radius 2 is 2.37 bits per heavy atom. The second kappa shape index (κ2) is 4.88. The largest absolute Gasteiger partial charge is 0.335 e. The molecule has 2 aromatic rings. The highest BCUT2D eigenvalue weighted by molar-refractivity contribution is 5.92. The summed E-state index contributed by atoms with van der Waals surface area (Å²) in [4.78, 5) is 16.6. The van der Waals surface area contributed by atoms with Crippen molar-refractivity contribution in [1.82, 2.24) is 9.55 Å². The van der Waals surface area contributed by atoms with Crippen molar-refractivity contribution in [1.29, 1.82) is 0 Å². The third kappa shape index (κ3) is 2.52. The fraction of sp³-hybridized carbons (Fsp3) is 0.333. The van der Waals surface area contributed by atoms with Crippen LogP contribution in [0.3, 0.4) is 0 Å². The molecule has 0 saturated heterocycles. The molecule has 0 spiro atoms. The minimum Gasteiger partial charge on any atom is -0.335 e. The Kier molecular flexibility index (Phi) is 3.07. The first-order valence-corrected chi connectivity index (χ1v) is 6.60. The van der Waals surface area contributed by atoms with Crippen LogP contribution in [0.2, 0.25) is 0 Å². The van der Waals surface area contributed by atoms with Gasteiger partial charge in [-0.3, -0.25) is 4.79 Å². The van der Waals surface area contributed by atoms with Crippen molar-refractivity contribution < 1.29 is 4.79 Å². The summed E-state index contributed by atoms with van der Waals surface area (Å²) in [5, 5.41) is 3.00. The van der Waals surface area contributed by atoms with Crippen molar-refractivity contribution in [3.63, 3.8) is 0 Å². The first-order valence-electron chi connectivity index (χ1n) is 6.60. The lowest BCUT2D eigenvalue weighted by Gasteiger charge is -2.22. The number of amides is 1. The molecule has 98 valence electrons. The fourth-order valence-electron chi connectivity index (χ4n) is 2.54. The van der Waals surface area contributed by atoms with Gasteiger partial charge in [0.05, 0.1) is 0 Å². The normalized spacial score (nSPS) is 17.8. The van der Waals surface area contributed by atoms with Crippen LogP contribution in [0.5, 0.6) is 0 Å². The van der Waals surface area contributed by atoms with E-state index >= 15 is 0 Å². The highest BCUT2D eigenvalue weighted by atomic mass is 16.1. The number of aromatic nitrogens is 2. The van der Waals surface area contributed by atoms with Crippen LogP contribution in [-0.4, -0.2) is 15.5 Å². The first kappa shape index (κ1) is 12.0. The van der Waals surface area contributed by atoms with Crippen LogP contribution in [0.4, 0.5) is 5.69 Å². The smallest absolute Gasteiger partial charge is 0.228 e. The van der Waals surface area contributed by atoms with E-state index in [4.69, 9.17) is 0 Å². The van der Waals surface area contributed by atoms with E-state index in [9.17, 15) is 4.79 Å². The van der Waals surface area contributed by atoms with Crippen molar-refractivity contribution in [2.24, 2.45) is 5.92 Å². The van der Waals surface area contributed by atoms with E-state index in [1.165, 1.54) is 0 Å². The average molecular weight is 255 g/mol. The van der Waals surface area contributed by atoms with Gasteiger partial charge in [-0.2, -0.15) is 0 Å². The summed E-state index contributed by atoms with van der Waals surface area (Å²) < 4.78 is 2.12. The Morgan fingerprint density at radius 1 is 1.47 bits per heavy atom. The van der Waals surface area contributed by atoms with Gasteiger partial charge >= 0.3 is 0 Å². The molecule has 0 radical (unpaired) electrons. The number of imidazole rings is 1. The Labute approximate surface area is 112 Å². The summed E-state index contributed by atoms with van der Waals surface area (Å²) >= 11 is 0.